The predicted molar refractivity (Wildman–Crippen MR) is 86.5 cm³/mol. The molecule has 2 N–H and O–H groups in total. The van der Waals surface area contributed by atoms with Crippen molar-refractivity contribution in [2.75, 3.05) is 5.32 Å². The van der Waals surface area contributed by atoms with Crippen LogP contribution in [0.5, 0.6) is 0 Å². The zero-order valence-electron chi connectivity index (χ0n) is 13.1. The first-order chi connectivity index (χ1) is 10.5. The molecular weight excluding hydrogens is 276 g/mol. The van der Waals surface area contributed by atoms with Crippen molar-refractivity contribution in [1.29, 1.82) is 0 Å². The Morgan fingerprint density at radius 2 is 1.86 bits per heavy atom. The number of aromatic nitrogens is 2. The molecule has 3 rings (SSSR count). The molecule has 22 heavy (non-hydrogen) atoms. The normalized spacial score (nSPS) is 13.8. The summed E-state index contributed by atoms with van der Waals surface area (Å²) in [5.74, 6) is 0.320. The highest BCUT2D eigenvalue weighted by Gasteiger charge is 2.24. The molecule has 1 heterocycles. The number of carbonyl (C=O) groups is 1. The predicted octanol–water partition coefficient (Wildman–Crippen LogP) is 3.04. The first-order valence-corrected chi connectivity index (χ1v) is 7.52. The fourth-order valence-corrected chi connectivity index (χ4v) is 2.18. The summed E-state index contributed by atoms with van der Waals surface area (Å²) >= 11 is 0. The molecule has 0 spiro atoms. The average molecular weight is 296 g/mol. The van der Waals surface area contributed by atoms with Crippen LogP contribution in [0.15, 0.2) is 24.3 Å². The summed E-state index contributed by atoms with van der Waals surface area (Å²) < 4.78 is 0. The quantitative estimate of drug-likeness (QED) is 0.910. The van der Waals surface area contributed by atoms with E-state index in [4.69, 9.17) is 0 Å². The van der Waals surface area contributed by atoms with Gasteiger partial charge in [0.1, 0.15) is 5.69 Å². The Bertz CT molecular complexity index is 723. The minimum atomic E-state index is -0.129. The molecule has 2 aromatic rings. The van der Waals surface area contributed by atoms with Gasteiger partial charge in [-0.2, -0.15) is 0 Å². The van der Waals surface area contributed by atoms with E-state index in [0.29, 0.717) is 17.7 Å². The van der Waals surface area contributed by atoms with Crippen LogP contribution >= 0.6 is 0 Å². The number of anilines is 2. The van der Waals surface area contributed by atoms with Crippen molar-refractivity contribution in [2.24, 2.45) is 0 Å². The van der Waals surface area contributed by atoms with Crippen LogP contribution in [0.1, 0.15) is 40.2 Å². The Balaban J connectivity index is 1.81. The second kappa shape index (κ2) is 5.75. The van der Waals surface area contributed by atoms with Crippen LogP contribution in [-0.4, -0.2) is 21.9 Å². The largest absolute Gasteiger partial charge is 0.348 e. The first-order valence-electron chi connectivity index (χ1n) is 7.52. The van der Waals surface area contributed by atoms with Gasteiger partial charge in [0.15, 0.2) is 0 Å². The molecule has 0 unspecified atom stereocenters. The standard InChI is InChI=1S/C17H20N4O/c1-10-4-5-14(8-11(10)2)20-17-18-12(3)9-15(21-17)16(22)19-13-6-7-13/h4-5,8-9,13H,6-7H2,1-3H3,(H,19,22)(H,18,20,21). The summed E-state index contributed by atoms with van der Waals surface area (Å²) in [6.07, 6.45) is 2.12. The maximum Gasteiger partial charge on any atom is 0.270 e. The highest BCUT2D eigenvalue weighted by molar-refractivity contribution is 5.93. The molecule has 1 aromatic carbocycles. The lowest BCUT2D eigenvalue weighted by molar-refractivity contribution is 0.0946. The lowest BCUT2D eigenvalue weighted by atomic mass is 10.1. The topological polar surface area (TPSA) is 66.9 Å². The summed E-state index contributed by atoms with van der Waals surface area (Å²) in [5, 5.41) is 6.12. The Labute approximate surface area is 130 Å². The van der Waals surface area contributed by atoms with E-state index >= 15 is 0 Å². The van der Waals surface area contributed by atoms with E-state index in [1.807, 2.05) is 25.1 Å². The fourth-order valence-electron chi connectivity index (χ4n) is 2.18. The van der Waals surface area contributed by atoms with Crippen molar-refractivity contribution in [3.63, 3.8) is 0 Å². The van der Waals surface area contributed by atoms with Crippen LogP contribution in [0, 0.1) is 20.8 Å². The average Bonchev–Trinajstić information content (AvgIpc) is 3.26. The molecular formula is C17H20N4O. The third-order valence-corrected chi connectivity index (χ3v) is 3.76. The molecule has 0 bridgehead atoms. The lowest BCUT2D eigenvalue weighted by Gasteiger charge is -2.10. The fraction of sp³-hybridized carbons (Fsp3) is 0.353. The van der Waals surface area contributed by atoms with Gasteiger partial charge in [0.2, 0.25) is 5.95 Å². The van der Waals surface area contributed by atoms with E-state index in [2.05, 4.69) is 34.4 Å². The molecule has 1 aliphatic carbocycles. The van der Waals surface area contributed by atoms with Gasteiger partial charge in [-0.1, -0.05) is 6.07 Å². The molecule has 1 amide bonds. The van der Waals surface area contributed by atoms with Gasteiger partial charge in [0, 0.05) is 17.4 Å². The first kappa shape index (κ1) is 14.5. The van der Waals surface area contributed by atoms with Crippen LogP contribution in [0.2, 0.25) is 0 Å². The molecule has 0 aliphatic heterocycles. The van der Waals surface area contributed by atoms with Crippen LogP contribution in [0.3, 0.4) is 0 Å². The number of amides is 1. The van der Waals surface area contributed by atoms with E-state index in [9.17, 15) is 4.79 Å². The number of hydrogen-bond donors (Lipinski definition) is 2. The van der Waals surface area contributed by atoms with Crippen LogP contribution in [0.25, 0.3) is 0 Å². The van der Waals surface area contributed by atoms with Gasteiger partial charge in [0.05, 0.1) is 0 Å². The van der Waals surface area contributed by atoms with Crippen LogP contribution < -0.4 is 10.6 Å². The molecule has 1 saturated carbocycles. The number of carbonyl (C=O) groups excluding carboxylic acids is 1. The van der Waals surface area contributed by atoms with Gasteiger partial charge in [-0.25, -0.2) is 9.97 Å². The second-order valence-electron chi connectivity index (χ2n) is 5.89. The Morgan fingerprint density at radius 1 is 1.09 bits per heavy atom. The summed E-state index contributed by atoms with van der Waals surface area (Å²) in [5.41, 5.74) is 4.53. The molecule has 1 fully saturated rings. The van der Waals surface area contributed by atoms with E-state index in [1.165, 1.54) is 11.1 Å². The zero-order valence-corrected chi connectivity index (χ0v) is 13.1. The molecule has 114 valence electrons. The number of hydrogen-bond acceptors (Lipinski definition) is 4. The van der Waals surface area contributed by atoms with E-state index in [1.54, 1.807) is 6.07 Å². The lowest BCUT2D eigenvalue weighted by Crippen LogP contribution is -2.26. The maximum atomic E-state index is 12.1. The molecule has 5 nitrogen and oxygen atoms in total. The number of nitrogens with one attached hydrogen (secondary N) is 2. The molecule has 1 aliphatic rings. The van der Waals surface area contributed by atoms with Crippen LogP contribution in [0.4, 0.5) is 11.6 Å². The SMILES string of the molecule is Cc1cc(C(=O)NC2CC2)nc(Nc2ccc(C)c(C)c2)n1. The van der Waals surface area contributed by atoms with Crippen molar-refractivity contribution >= 4 is 17.5 Å². The zero-order chi connectivity index (χ0) is 15.7. The number of benzene rings is 1. The molecule has 0 saturated heterocycles. The van der Waals surface area contributed by atoms with Gasteiger partial charge < -0.3 is 10.6 Å². The van der Waals surface area contributed by atoms with E-state index < -0.39 is 0 Å². The van der Waals surface area contributed by atoms with Crippen molar-refractivity contribution < 1.29 is 4.79 Å². The van der Waals surface area contributed by atoms with Crippen molar-refractivity contribution in [2.45, 2.75) is 39.7 Å². The number of aryl methyl sites for hydroxylation is 3. The van der Waals surface area contributed by atoms with Gasteiger partial charge in [0.25, 0.3) is 5.91 Å². The highest BCUT2D eigenvalue weighted by Crippen LogP contribution is 2.20. The summed E-state index contributed by atoms with van der Waals surface area (Å²) in [7, 11) is 0. The number of nitrogens with zero attached hydrogens (tertiary/aromatic N) is 2. The van der Waals surface area contributed by atoms with Gasteiger partial charge in [-0.3, -0.25) is 4.79 Å². The van der Waals surface area contributed by atoms with Crippen molar-refractivity contribution in [1.82, 2.24) is 15.3 Å². The minimum Gasteiger partial charge on any atom is -0.348 e. The molecule has 0 atom stereocenters. The molecule has 1 aromatic heterocycles. The Morgan fingerprint density at radius 3 is 2.55 bits per heavy atom. The van der Waals surface area contributed by atoms with E-state index in [0.717, 1.165) is 24.2 Å². The maximum absolute atomic E-state index is 12.1. The monoisotopic (exact) mass is 296 g/mol. The molecule has 5 heteroatoms. The third kappa shape index (κ3) is 3.42. The highest BCUT2D eigenvalue weighted by atomic mass is 16.2. The van der Waals surface area contributed by atoms with Crippen LogP contribution in [-0.2, 0) is 0 Å². The van der Waals surface area contributed by atoms with Crippen molar-refractivity contribution in [3.05, 3.63) is 46.8 Å². The second-order valence-corrected chi connectivity index (χ2v) is 5.89. The van der Waals surface area contributed by atoms with E-state index in [-0.39, 0.29) is 5.91 Å². The molecule has 0 radical (unpaired) electrons. The summed E-state index contributed by atoms with van der Waals surface area (Å²) in [6, 6.07) is 8.11. The minimum absolute atomic E-state index is 0.129. The third-order valence-electron chi connectivity index (χ3n) is 3.76. The van der Waals surface area contributed by atoms with Gasteiger partial charge in [-0.05, 0) is 62.9 Å². The summed E-state index contributed by atoms with van der Waals surface area (Å²) in [4.78, 5) is 20.8. The van der Waals surface area contributed by atoms with Crippen molar-refractivity contribution in [3.8, 4) is 0 Å². The van der Waals surface area contributed by atoms with Gasteiger partial charge in [-0.15, -0.1) is 0 Å². The van der Waals surface area contributed by atoms with Gasteiger partial charge >= 0.3 is 0 Å². The smallest absolute Gasteiger partial charge is 0.270 e. The number of rotatable bonds is 4. The summed E-state index contributed by atoms with van der Waals surface area (Å²) in [6.45, 7) is 6.00. The Hall–Kier alpha value is -2.43. The Kier molecular flexibility index (Phi) is 3.79.